The maximum absolute atomic E-state index is 14.1. The molecule has 2 aliphatic carbocycles. The molecule has 1 saturated carbocycles. The molecule has 160 valence electrons. The maximum Gasteiger partial charge on any atom is 0.407 e. The van der Waals surface area contributed by atoms with E-state index in [0.29, 0.717) is 29.7 Å². The van der Waals surface area contributed by atoms with E-state index < -0.39 is 27.3 Å². The number of aromatic nitrogens is 1. The minimum absolute atomic E-state index is 0.168. The Kier molecular flexibility index (Phi) is 4.18. The highest BCUT2D eigenvalue weighted by Crippen LogP contribution is 2.43. The van der Waals surface area contributed by atoms with Gasteiger partial charge in [0.2, 0.25) is 10.0 Å². The van der Waals surface area contributed by atoms with Crippen LogP contribution in [0.25, 0.3) is 10.8 Å². The molecule has 1 spiro atoms. The van der Waals surface area contributed by atoms with E-state index >= 15 is 0 Å². The minimum Gasteiger partial charge on any atom is -0.447 e. The largest absolute Gasteiger partial charge is 0.447 e. The predicted molar refractivity (Wildman–Crippen MR) is 109 cm³/mol. The van der Waals surface area contributed by atoms with Gasteiger partial charge in [-0.1, -0.05) is 0 Å². The van der Waals surface area contributed by atoms with Gasteiger partial charge in [0.25, 0.3) is 0 Å². The molecule has 1 aliphatic heterocycles. The van der Waals surface area contributed by atoms with Gasteiger partial charge in [-0.05, 0) is 56.4 Å². The minimum atomic E-state index is -4.00. The number of hydrogen-bond acceptors (Lipinski definition) is 5. The average Bonchev–Trinajstić information content (AvgIpc) is 3.36. The van der Waals surface area contributed by atoms with Gasteiger partial charge >= 0.3 is 6.09 Å². The monoisotopic (exact) mass is 433 g/mol. The Morgan fingerprint density at radius 1 is 1.33 bits per heavy atom. The van der Waals surface area contributed by atoms with E-state index in [2.05, 4.69) is 15.0 Å². The lowest BCUT2D eigenvalue weighted by molar-refractivity contribution is 0.172. The Morgan fingerprint density at radius 2 is 2.10 bits per heavy atom. The van der Waals surface area contributed by atoms with Crippen molar-refractivity contribution in [2.75, 3.05) is 13.2 Å². The topological polar surface area (TPSA) is 97.4 Å². The first-order chi connectivity index (χ1) is 14.1. The number of alkyl halides is 1. The third kappa shape index (κ3) is 3.43. The molecule has 1 unspecified atom stereocenters. The molecular formula is C21H24FN3O4S. The Hall–Kier alpha value is -2.26. The highest BCUT2D eigenvalue weighted by atomic mass is 32.2. The molecule has 7 nitrogen and oxygen atoms in total. The molecule has 5 rings (SSSR count). The van der Waals surface area contributed by atoms with Crippen LogP contribution in [0.1, 0.15) is 49.4 Å². The first-order valence-corrected chi connectivity index (χ1v) is 11.6. The number of hydrogen-bond donors (Lipinski definition) is 2. The van der Waals surface area contributed by atoms with Crippen LogP contribution in [0.2, 0.25) is 0 Å². The number of alkyl carbamates (subject to hydrolysis) is 1. The first-order valence-electron chi connectivity index (χ1n) is 10.1. The van der Waals surface area contributed by atoms with Gasteiger partial charge in [-0.15, -0.1) is 0 Å². The number of carbonyl (C=O) groups excluding carboxylic acids is 1. The fraction of sp³-hybridized carbons (Fsp3) is 0.524. The number of benzene rings is 1. The summed E-state index contributed by atoms with van der Waals surface area (Å²) in [5.41, 5.74) is 0.0537. The maximum atomic E-state index is 14.1. The third-order valence-corrected chi connectivity index (χ3v) is 7.56. The standard InChI is InChI=1S/C21H24FN3O4S/c1-20(2,22)10-24-30(27,28)18-15-6-17(12-3-4-12)23-9-14(15)5-13-7-21(8-16(13)18)11-29-19(26)25-21/h5-6,9,12,24H,3-4,7-8,10-11H2,1-2H3,(H,25,26). The zero-order valence-electron chi connectivity index (χ0n) is 16.9. The molecule has 2 fully saturated rings. The molecular weight excluding hydrogens is 409 g/mol. The summed E-state index contributed by atoms with van der Waals surface area (Å²) in [6.45, 7) is 2.52. The number of fused-ring (bicyclic) bond motifs is 2. The number of nitrogens with one attached hydrogen (secondary N) is 2. The molecule has 0 radical (unpaired) electrons. The molecule has 9 heteroatoms. The van der Waals surface area contributed by atoms with Crippen molar-refractivity contribution in [3.63, 3.8) is 0 Å². The molecule has 1 amide bonds. The van der Waals surface area contributed by atoms with Crippen molar-refractivity contribution in [2.24, 2.45) is 0 Å². The third-order valence-electron chi connectivity index (χ3n) is 6.03. The number of cyclic esters (lactones) is 1. The van der Waals surface area contributed by atoms with Gasteiger partial charge in [-0.2, -0.15) is 0 Å². The number of amides is 1. The highest BCUT2D eigenvalue weighted by Gasteiger charge is 2.46. The van der Waals surface area contributed by atoms with Gasteiger partial charge in [0.1, 0.15) is 12.3 Å². The van der Waals surface area contributed by atoms with Gasteiger partial charge in [0.15, 0.2) is 0 Å². The summed E-state index contributed by atoms with van der Waals surface area (Å²) < 4.78 is 48.5. The Morgan fingerprint density at radius 3 is 2.73 bits per heavy atom. The number of nitrogens with zero attached hydrogens (tertiary/aromatic N) is 1. The zero-order valence-corrected chi connectivity index (χ0v) is 17.7. The van der Waals surface area contributed by atoms with E-state index in [0.717, 1.165) is 29.5 Å². The van der Waals surface area contributed by atoms with Crippen molar-refractivity contribution in [3.05, 3.63) is 35.2 Å². The summed E-state index contributed by atoms with van der Waals surface area (Å²) in [6, 6.07) is 3.81. The molecule has 1 aromatic heterocycles. The number of pyridine rings is 1. The number of rotatable bonds is 5. The summed E-state index contributed by atoms with van der Waals surface area (Å²) >= 11 is 0. The predicted octanol–water partition coefficient (Wildman–Crippen LogP) is 2.72. The second-order valence-corrected chi connectivity index (χ2v) is 11.0. The van der Waals surface area contributed by atoms with Crippen molar-refractivity contribution in [1.29, 1.82) is 0 Å². The fourth-order valence-electron chi connectivity index (χ4n) is 4.42. The van der Waals surface area contributed by atoms with Crippen LogP contribution in [0.3, 0.4) is 0 Å². The average molecular weight is 434 g/mol. The van der Waals surface area contributed by atoms with Crippen LogP contribution < -0.4 is 10.0 Å². The molecule has 3 aliphatic rings. The van der Waals surface area contributed by atoms with Gasteiger partial charge in [-0.25, -0.2) is 22.3 Å². The van der Waals surface area contributed by atoms with Gasteiger partial charge < -0.3 is 10.1 Å². The van der Waals surface area contributed by atoms with E-state index in [4.69, 9.17) is 4.74 Å². The summed E-state index contributed by atoms with van der Waals surface area (Å²) in [6.07, 6.45) is 4.15. The Labute approximate surface area is 174 Å². The molecule has 2 heterocycles. The highest BCUT2D eigenvalue weighted by molar-refractivity contribution is 7.89. The van der Waals surface area contributed by atoms with Crippen LogP contribution in [0.5, 0.6) is 0 Å². The van der Waals surface area contributed by atoms with Crippen molar-refractivity contribution in [1.82, 2.24) is 15.0 Å². The quantitative estimate of drug-likeness (QED) is 0.756. The van der Waals surface area contributed by atoms with Crippen molar-refractivity contribution in [2.45, 2.75) is 61.6 Å². The summed E-state index contributed by atoms with van der Waals surface area (Å²) in [5.74, 6) is 0.366. The van der Waals surface area contributed by atoms with Crippen LogP contribution in [0.4, 0.5) is 9.18 Å². The number of sulfonamides is 1. The molecule has 2 N–H and O–H groups in total. The second-order valence-electron chi connectivity index (χ2n) is 9.33. The van der Waals surface area contributed by atoms with E-state index in [1.165, 1.54) is 13.8 Å². The summed E-state index contributed by atoms with van der Waals surface area (Å²) in [4.78, 5) is 16.4. The van der Waals surface area contributed by atoms with E-state index in [-0.39, 0.29) is 18.0 Å². The number of carbonyl (C=O) groups is 1. The lowest BCUT2D eigenvalue weighted by Gasteiger charge is -2.20. The van der Waals surface area contributed by atoms with Crippen molar-refractivity contribution >= 4 is 26.9 Å². The SMILES string of the molecule is CC(C)(F)CNS(=O)(=O)c1c2c(cc3cnc(C4CC4)cc13)CC1(COC(=O)N1)C2. The summed E-state index contributed by atoms with van der Waals surface area (Å²) in [5, 5.41) is 4.17. The van der Waals surface area contributed by atoms with Crippen LogP contribution in [0.15, 0.2) is 23.2 Å². The van der Waals surface area contributed by atoms with E-state index in [1.54, 1.807) is 6.20 Å². The van der Waals surface area contributed by atoms with Crippen LogP contribution in [-0.4, -0.2) is 43.9 Å². The number of halogens is 1. The molecule has 30 heavy (non-hydrogen) atoms. The smallest absolute Gasteiger partial charge is 0.407 e. The van der Waals surface area contributed by atoms with Gasteiger partial charge in [0, 0.05) is 41.5 Å². The molecule has 1 atom stereocenters. The van der Waals surface area contributed by atoms with Crippen LogP contribution in [0, 0.1) is 0 Å². The Bertz CT molecular complexity index is 1170. The van der Waals surface area contributed by atoms with Crippen molar-refractivity contribution < 1.29 is 22.3 Å². The molecule has 1 saturated heterocycles. The van der Waals surface area contributed by atoms with E-state index in [1.807, 2.05) is 12.1 Å². The van der Waals surface area contributed by atoms with E-state index in [9.17, 15) is 17.6 Å². The van der Waals surface area contributed by atoms with Gasteiger partial charge in [0.05, 0.1) is 10.4 Å². The molecule has 0 bridgehead atoms. The normalized spacial score (nSPS) is 23.6. The van der Waals surface area contributed by atoms with Crippen LogP contribution in [-0.2, 0) is 27.6 Å². The molecule has 1 aromatic carbocycles. The summed E-state index contributed by atoms with van der Waals surface area (Å²) in [7, 11) is -4.00. The zero-order chi connectivity index (χ0) is 21.3. The first kappa shape index (κ1) is 19.7. The van der Waals surface area contributed by atoms with Gasteiger partial charge in [-0.3, -0.25) is 4.98 Å². The fourth-order valence-corrected chi connectivity index (χ4v) is 6.10. The molecule has 2 aromatic rings. The van der Waals surface area contributed by atoms with Crippen LogP contribution >= 0.6 is 0 Å². The lowest BCUT2D eigenvalue weighted by atomic mass is 9.98. The Balaban J connectivity index is 1.67. The second kappa shape index (κ2) is 6.37. The lowest BCUT2D eigenvalue weighted by Crippen LogP contribution is -2.44. The van der Waals surface area contributed by atoms with Crippen molar-refractivity contribution in [3.8, 4) is 0 Å². The number of ether oxygens (including phenoxy) is 1.